The van der Waals surface area contributed by atoms with Gasteiger partial charge in [-0.2, -0.15) is 0 Å². The second kappa shape index (κ2) is 7.29. The lowest BCUT2D eigenvalue weighted by Crippen LogP contribution is -2.34. The fourth-order valence-electron chi connectivity index (χ4n) is 1.28. The molecule has 0 aliphatic carbocycles. The smallest absolute Gasteiger partial charge is 0.233 e. The Hall–Kier alpha value is -1.07. The van der Waals surface area contributed by atoms with Crippen LogP contribution < -0.4 is 5.32 Å². The molecule has 0 fully saturated rings. The molecule has 1 amide bonds. The molecular weight excluding hydrogens is 239 g/mol. The minimum atomic E-state index is -0.188. The maximum atomic E-state index is 13.3. The minimum absolute atomic E-state index is 0.0107. The van der Waals surface area contributed by atoms with Crippen LogP contribution in [0.1, 0.15) is 0 Å². The summed E-state index contributed by atoms with van der Waals surface area (Å²) in [6.45, 7) is 1.11. The highest BCUT2D eigenvalue weighted by Gasteiger charge is 2.05. The molecular formula is C12H17FN2OS. The molecule has 0 aromatic heterocycles. The number of benzene rings is 1. The van der Waals surface area contributed by atoms with Crippen molar-refractivity contribution in [2.75, 3.05) is 32.9 Å². The van der Waals surface area contributed by atoms with E-state index in [1.165, 1.54) is 17.8 Å². The van der Waals surface area contributed by atoms with Crippen molar-refractivity contribution in [2.45, 2.75) is 4.90 Å². The number of nitrogens with zero attached hydrogens (tertiary/aromatic N) is 1. The molecule has 1 rings (SSSR count). The molecule has 5 heteroatoms. The van der Waals surface area contributed by atoms with Crippen LogP contribution in [-0.2, 0) is 4.79 Å². The van der Waals surface area contributed by atoms with Crippen LogP contribution in [0, 0.1) is 5.82 Å². The highest BCUT2D eigenvalue weighted by molar-refractivity contribution is 7.99. The zero-order valence-electron chi connectivity index (χ0n) is 10.1. The Bertz CT molecular complexity index is 373. The Morgan fingerprint density at radius 3 is 2.82 bits per heavy atom. The van der Waals surface area contributed by atoms with E-state index in [1.54, 1.807) is 19.2 Å². The number of rotatable bonds is 6. The van der Waals surface area contributed by atoms with E-state index >= 15 is 0 Å². The number of hydrogen-bond acceptors (Lipinski definition) is 3. The second-order valence-electron chi connectivity index (χ2n) is 3.69. The van der Waals surface area contributed by atoms with Crippen LogP contribution in [0.4, 0.5) is 4.39 Å². The van der Waals surface area contributed by atoms with Gasteiger partial charge in [0.15, 0.2) is 0 Å². The third-order valence-corrected chi connectivity index (χ3v) is 3.29. The summed E-state index contributed by atoms with van der Waals surface area (Å²) in [5.74, 6) is 0.559. The van der Waals surface area contributed by atoms with Gasteiger partial charge in [-0.1, -0.05) is 12.1 Å². The number of halogens is 1. The van der Waals surface area contributed by atoms with Gasteiger partial charge in [-0.15, -0.1) is 11.8 Å². The van der Waals surface area contributed by atoms with Gasteiger partial charge in [0.05, 0.1) is 6.54 Å². The van der Waals surface area contributed by atoms with Crippen molar-refractivity contribution >= 4 is 17.7 Å². The zero-order valence-corrected chi connectivity index (χ0v) is 10.9. The predicted molar refractivity (Wildman–Crippen MR) is 68.7 cm³/mol. The third-order valence-electron chi connectivity index (χ3n) is 2.26. The van der Waals surface area contributed by atoms with Crippen molar-refractivity contribution in [3.63, 3.8) is 0 Å². The Morgan fingerprint density at radius 1 is 1.47 bits per heavy atom. The summed E-state index contributed by atoms with van der Waals surface area (Å²) in [5.41, 5.74) is 0. The van der Waals surface area contributed by atoms with Gasteiger partial charge < -0.3 is 5.32 Å². The van der Waals surface area contributed by atoms with Crippen LogP contribution in [0.5, 0.6) is 0 Å². The SMILES string of the molecule is CNC(=O)CN(C)CCSc1ccccc1F. The number of likely N-dealkylation sites (N-methyl/N-ethyl adjacent to an activating group) is 2. The maximum absolute atomic E-state index is 13.3. The van der Waals surface area contributed by atoms with Gasteiger partial charge in [0.2, 0.25) is 5.91 Å². The summed E-state index contributed by atoms with van der Waals surface area (Å²) in [4.78, 5) is 13.7. The van der Waals surface area contributed by atoms with Gasteiger partial charge >= 0.3 is 0 Å². The average Bonchev–Trinajstić information content (AvgIpc) is 2.31. The van der Waals surface area contributed by atoms with E-state index in [4.69, 9.17) is 0 Å². The normalized spacial score (nSPS) is 10.6. The summed E-state index contributed by atoms with van der Waals surface area (Å²) < 4.78 is 13.3. The first-order valence-corrected chi connectivity index (χ1v) is 6.38. The topological polar surface area (TPSA) is 32.3 Å². The van der Waals surface area contributed by atoms with Gasteiger partial charge in [0, 0.05) is 24.2 Å². The van der Waals surface area contributed by atoms with E-state index in [0.29, 0.717) is 11.4 Å². The van der Waals surface area contributed by atoms with E-state index in [-0.39, 0.29) is 11.7 Å². The summed E-state index contributed by atoms with van der Waals surface area (Å²) in [6.07, 6.45) is 0. The number of thioether (sulfide) groups is 1. The van der Waals surface area contributed by atoms with Gasteiger partial charge in [-0.3, -0.25) is 9.69 Å². The number of nitrogens with one attached hydrogen (secondary N) is 1. The molecule has 0 saturated carbocycles. The molecule has 1 aromatic carbocycles. The van der Waals surface area contributed by atoms with Crippen molar-refractivity contribution in [3.05, 3.63) is 30.1 Å². The van der Waals surface area contributed by atoms with Crippen LogP contribution in [-0.4, -0.2) is 43.7 Å². The Morgan fingerprint density at radius 2 is 2.18 bits per heavy atom. The molecule has 0 unspecified atom stereocenters. The molecule has 0 heterocycles. The van der Waals surface area contributed by atoms with E-state index in [2.05, 4.69) is 5.32 Å². The number of hydrogen-bond donors (Lipinski definition) is 1. The molecule has 0 atom stereocenters. The molecule has 0 bridgehead atoms. The highest BCUT2D eigenvalue weighted by atomic mass is 32.2. The van der Waals surface area contributed by atoms with Crippen LogP contribution in [0.15, 0.2) is 29.2 Å². The molecule has 94 valence electrons. The molecule has 3 nitrogen and oxygen atoms in total. The fraction of sp³-hybridized carbons (Fsp3) is 0.417. The quantitative estimate of drug-likeness (QED) is 0.785. The molecule has 0 aliphatic heterocycles. The van der Waals surface area contributed by atoms with Gasteiger partial charge in [0.25, 0.3) is 0 Å². The van der Waals surface area contributed by atoms with Crippen LogP contribution in [0.3, 0.4) is 0 Å². The van der Waals surface area contributed by atoms with Crippen molar-refractivity contribution in [1.82, 2.24) is 10.2 Å². The van der Waals surface area contributed by atoms with Crippen LogP contribution in [0.25, 0.3) is 0 Å². The molecule has 0 spiro atoms. The summed E-state index contributed by atoms with van der Waals surface area (Å²) in [5, 5.41) is 2.57. The first-order chi connectivity index (χ1) is 8.13. The van der Waals surface area contributed by atoms with Gasteiger partial charge in [-0.25, -0.2) is 4.39 Å². The summed E-state index contributed by atoms with van der Waals surface area (Å²) >= 11 is 1.46. The second-order valence-corrected chi connectivity index (χ2v) is 4.83. The minimum Gasteiger partial charge on any atom is -0.358 e. The lowest BCUT2D eigenvalue weighted by Gasteiger charge is -2.14. The van der Waals surface area contributed by atoms with Crippen molar-refractivity contribution in [3.8, 4) is 0 Å². The van der Waals surface area contributed by atoms with Crippen LogP contribution in [0.2, 0.25) is 0 Å². The standard InChI is InChI=1S/C12H17FN2OS/c1-14-12(16)9-15(2)7-8-17-11-6-4-3-5-10(11)13/h3-6H,7-9H2,1-2H3,(H,14,16). The van der Waals surface area contributed by atoms with Crippen LogP contribution >= 0.6 is 11.8 Å². The van der Waals surface area contributed by atoms with E-state index < -0.39 is 0 Å². The van der Waals surface area contributed by atoms with Gasteiger partial charge in [0.1, 0.15) is 5.82 Å². The Kier molecular flexibility index (Phi) is 6.00. The molecule has 0 aliphatic rings. The number of carbonyl (C=O) groups excluding carboxylic acids is 1. The molecule has 17 heavy (non-hydrogen) atoms. The lowest BCUT2D eigenvalue weighted by atomic mass is 10.3. The van der Waals surface area contributed by atoms with E-state index in [0.717, 1.165) is 12.3 Å². The van der Waals surface area contributed by atoms with Crippen molar-refractivity contribution < 1.29 is 9.18 Å². The van der Waals surface area contributed by atoms with E-state index in [9.17, 15) is 9.18 Å². The lowest BCUT2D eigenvalue weighted by molar-refractivity contribution is -0.121. The fourth-order valence-corrected chi connectivity index (χ4v) is 2.28. The first kappa shape index (κ1) is 14.0. The highest BCUT2D eigenvalue weighted by Crippen LogP contribution is 2.20. The molecule has 0 radical (unpaired) electrons. The maximum Gasteiger partial charge on any atom is 0.233 e. The Balaban J connectivity index is 2.28. The number of carbonyl (C=O) groups is 1. The van der Waals surface area contributed by atoms with E-state index in [1.807, 2.05) is 18.0 Å². The Labute approximate surface area is 105 Å². The molecule has 0 saturated heterocycles. The third kappa shape index (κ3) is 5.19. The predicted octanol–water partition coefficient (Wildman–Crippen LogP) is 1.60. The average molecular weight is 256 g/mol. The monoisotopic (exact) mass is 256 g/mol. The van der Waals surface area contributed by atoms with Crippen molar-refractivity contribution in [1.29, 1.82) is 0 Å². The largest absolute Gasteiger partial charge is 0.358 e. The van der Waals surface area contributed by atoms with Crippen molar-refractivity contribution in [2.24, 2.45) is 0 Å². The molecule has 1 N–H and O–H groups in total. The first-order valence-electron chi connectivity index (χ1n) is 5.40. The summed E-state index contributed by atoms with van der Waals surface area (Å²) in [6, 6.07) is 6.71. The summed E-state index contributed by atoms with van der Waals surface area (Å²) in [7, 11) is 3.49. The molecule has 1 aromatic rings. The van der Waals surface area contributed by atoms with Gasteiger partial charge in [-0.05, 0) is 19.2 Å². The number of amides is 1. The zero-order chi connectivity index (χ0) is 12.7.